The predicted molar refractivity (Wildman–Crippen MR) is 73.6 cm³/mol. The number of nitrogens with zero attached hydrogens (tertiary/aromatic N) is 2. The molecule has 1 aromatic carbocycles. The summed E-state index contributed by atoms with van der Waals surface area (Å²) in [4.78, 5) is 13.5. The molecule has 0 aliphatic carbocycles. The fourth-order valence-electron chi connectivity index (χ4n) is 2.48. The number of hydrogen-bond acceptors (Lipinski definition) is 5. The van der Waals surface area contributed by atoms with Gasteiger partial charge in [-0.15, -0.1) is 0 Å². The number of ether oxygens (including phenoxy) is 1. The van der Waals surface area contributed by atoms with E-state index >= 15 is 0 Å². The smallest absolute Gasteiger partial charge is 0.410 e. The summed E-state index contributed by atoms with van der Waals surface area (Å²) in [7, 11) is -3.60. The van der Waals surface area contributed by atoms with Gasteiger partial charge in [0.15, 0.2) is 0 Å². The van der Waals surface area contributed by atoms with Gasteiger partial charge in [0.05, 0.1) is 12.6 Å². The lowest BCUT2D eigenvalue weighted by molar-refractivity contribution is 0.0724. The average molecular weight is 312 g/mol. The first kappa shape index (κ1) is 14.3. The molecule has 21 heavy (non-hydrogen) atoms. The Hall–Kier alpha value is -1.64. The number of carbonyl (C=O) groups is 1. The number of carbonyl (C=O) groups excluding carboxylic acids is 1. The lowest BCUT2D eigenvalue weighted by Gasteiger charge is -2.33. The van der Waals surface area contributed by atoms with E-state index in [2.05, 4.69) is 0 Å². The van der Waals surface area contributed by atoms with E-state index in [-0.39, 0.29) is 25.8 Å². The van der Waals surface area contributed by atoms with E-state index in [1.807, 2.05) is 30.3 Å². The van der Waals surface area contributed by atoms with Crippen molar-refractivity contribution in [2.24, 2.45) is 0 Å². The number of hydrogen-bond donors (Lipinski definition) is 0. The molecule has 1 amide bonds. The molecular formula is C13H16N2O5S. The van der Waals surface area contributed by atoms with Gasteiger partial charge in [-0.2, -0.15) is 12.7 Å². The van der Waals surface area contributed by atoms with Crippen LogP contribution in [0.25, 0.3) is 0 Å². The van der Waals surface area contributed by atoms with Gasteiger partial charge in [0, 0.05) is 19.6 Å². The average Bonchev–Trinajstić information content (AvgIpc) is 2.81. The Balaban J connectivity index is 1.55. The maximum absolute atomic E-state index is 12.0. The predicted octanol–water partition coefficient (Wildman–Crippen LogP) is 0.584. The second kappa shape index (κ2) is 5.63. The summed E-state index contributed by atoms with van der Waals surface area (Å²) in [5, 5.41) is 0. The maximum atomic E-state index is 12.0. The second-order valence-corrected chi connectivity index (χ2v) is 6.55. The highest BCUT2D eigenvalue weighted by Crippen LogP contribution is 2.23. The Labute approximate surface area is 123 Å². The Bertz CT molecular complexity index is 619. The first-order valence-electron chi connectivity index (χ1n) is 6.68. The quantitative estimate of drug-likeness (QED) is 0.798. The molecule has 0 radical (unpaired) electrons. The lowest BCUT2D eigenvalue weighted by atomic mass is 10.2. The third-order valence-corrected chi connectivity index (χ3v) is 5.08. The van der Waals surface area contributed by atoms with Crippen molar-refractivity contribution in [1.82, 2.24) is 9.21 Å². The molecule has 8 heteroatoms. The molecule has 0 aromatic heterocycles. The Morgan fingerprint density at radius 3 is 2.81 bits per heavy atom. The number of benzene rings is 1. The summed E-state index contributed by atoms with van der Waals surface area (Å²) in [5.74, 6) is 0. The van der Waals surface area contributed by atoms with Crippen LogP contribution in [0.4, 0.5) is 4.79 Å². The van der Waals surface area contributed by atoms with Gasteiger partial charge in [-0.1, -0.05) is 30.3 Å². The third-order valence-electron chi connectivity index (χ3n) is 3.59. The minimum Gasteiger partial charge on any atom is -0.445 e. The zero-order valence-electron chi connectivity index (χ0n) is 11.3. The maximum Gasteiger partial charge on any atom is 0.410 e. The van der Waals surface area contributed by atoms with Crippen LogP contribution in [0.3, 0.4) is 0 Å². The van der Waals surface area contributed by atoms with E-state index < -0.39 is 16.4 Å². The van der Waals surface area contributed by atoms with Gasteiger partial charge in [0.25, 0.3) is 0 Å². The van der Waals surface area contributed by atoms with E-state index in [0.29, 0.717) is 13.1 Å². The summed E-state index contributed by atoms with van der Waals surface area (Å²) < 4.78 is 34.4. The molecule has 2 fully saturated rings. The van der Waals surface area contributed by atoms with E-state index in [1.54, 1.807) is 0 Å². The van der Waals surface area contributed by atoms with Crippen molar-refractivity contribution in [2.45, 2.75) is 12.6 Å². The van der Waals surface area contributed by atoms with E-state index in [4.69, 9.17) is 8.92 Å². The summed E-state index contributed by atoms with van der Waals surface area (Å²) in [6.45, 7) is 1.15. The van der Waals surface area contributed by atoms with Gasteiger partial charge in [-0.05, 0) is 5.56 Å². The molecule has 0 bridgehead atoms. The number of piperazine rings is 1. The minimum atomic E-state index is -3.60. The highest BCUT2D eigenvalue weighted by atomic mass is 32.2. The molecular weight excluding hydrogens is 296 g/mol. The van der Waals surface area contributed by atoms with Crippen molar-refractivity contribution in [3.63, 3.8) is 0 Å². The molecule has 7 nitrogen and oxygen atoms in total. The Kier molecular flexibility index (Phi) is 3.83. The lowest BCUT2D eigenvalue weighted by Crippen LogP contribution is -2.53. The topological polar surface area (TPSA) is 76.2 Å². The van der Waals surface area contributed by atoms with Crippen molar-refractivity contribution in [3.05, 3.63) is 35.9 Å². The fraction of sp³-hybridized carbons (Fsp3) is 0.462. The first-order chi connectivity index (χ1) is 10.1. The van der Waals surface area contributed by atoms with Crippen molar-refractivity contribution in [2.75, 3.05) is 26.2 Å². The van der Waals surface area contributed by atoms with E-state index in [9.17, 15) is 13.2 Å². The van der Waals surface area contributed by atoms with Crippen molar-refractivity contribution < 1.29 is 22.1 Å². The summed E-state index contributed by atoms with van der Waals surface area (Å²) in [6.07, 6.45) is -0.428. The Morgan fingerprint density at radius 1 is 1.29 bits per heavy atom. The third kappa shape index (κ3) is 3.02. The van der Waals surface area contributed by atoms with Crippen LogP contribution in [0.1, 0.15) is 5.56 Å². The van der Waals surface area contributed by atoms with Crippen LogP contribution in [0.5, 0.6) is 0 Å². The normalized spacial score (nSPS) is 24.6. The summed E-state index contributed by atoms with van der Waals surface area (Å²) >= 11 is 0. The molecule has 114 valence electrons. The molecule has 1 atom stereocenters. The molecule has 2 aliphatic heterocycles. The molecule has 0 N–H and O–H groups in total. The van der Waals surface area contributed by atoms with E-state index in [0.717, 1.165) is 5.56 Å². The first-order valence-corrected chi connectivity index (χ1v) is 8.04. The highest BCUT2D eigenvalue weighted by Gasteiger charge is 2.43. The monoisotopic (exact) mass is 312 g/mol. The summed E-state index contributed by atoms with van der Waals surface area (Å²) in [6, 6.07) is 9.09. The zero-order chi connectivity index (χ0) is 14.9. The molecule has 2 aliphatic rings. The zero-order valence-corrected chi connectivity index (χ0v) is 12.2. The van der Waals surface area contributed by atoms with Gasteiger partial charge in [-0.3, -0.25) is 4.18 Å². The van der Waals surface area contributed by atoms with Gasteiger partial charge in [-0.25, -0.2) is 4.79 Å². The van der Waals surface area contributed by atoms with Gasteiger partial charge >= 0.3 is 16.4 Å². The molecule has 1 unspecified atom stereocenters. The minimum absolute atomic E-state index is 0.0881. The van der Waals surface area contributed by atoms with Crippen molar-refractivity contribution in [3.8, 4) is 0 Å². The van der Waals surface area contributed by atoms with Gasteiger partial charge in [0.1, 0.15) is 6.61 Å². The van der Waals surface area contributed by atoms with Crippen LogP contribution < -0.4 is 0 Å². The largest absolute Gasteiger partial charge is 0.445 e. The standard InChI is InChI=1S/C13H16N2O5S/c16-13(19-9-11-4-2-1-3-5-11)14-6-7-15-12(8-14)10-20-21(15,17)18/h1-5,12H,6-10H2. The molecule has 1 aromatic rings. The second-order valence-electron chi connectivity index (χ2n) is 4.99. The molecule has 3 rings (SSSR count). The Morgan fingerprint density at radius 2 is 2.05 bits per heavy atom. The molecule has 2 saturated heterocycles. The van der Waals surface area contributed by atoms with Crippen LogP contribution in [0.15, 0.2) is 30.3 Å². The number of fused-ring (bicyclic) bond motifs is 1. The number of amides is 1. The number of rotatable bonds is 2. The fourth-order valence-corrected chi connectivity index (χ4v) is 3.74. The van der Waals surface area contributed by atoms with Crippen LogP contribution in [0, 0.1) is 0 Å². The van der Waals surface area contributed by atoms with Crippen molar-refractivity contribution in [1.29, 1.82) is 0 Å². The molecule has 2 heterocycles. The van der Waals surface area contributed by atoms with Crippen molar-refractivity contribution >= 4 is 16.4 Å². The molecule has 0 saturated carbocycles. The van der Waals surface area contributed by atoms with Crippen LogP contribution in [-0.2, 0) is 25.8 Å². The van der Waals surface area contributed by atoms with Gasteiger partial charge in [0.2, 0.25) is 0 Å². The van der Waals surface area contributed by atoms with Crippen LogP contribution in [0.2, 0.25) is 0 Å². The van der Waals surface area contributed by atoms with Crippen LogP contribution in [-0.4, -0.2) is 56.0 Å². The summed E-state index contributed by atoms with van der Waals surface area (Å²) in [5.41, 5.74) is 0.913. The molecule has 0 spiro atoms. The van der Waals surface area contributed by atoms with E-state index in [1.165, 1.54) is 9.21 Å². The SMILES string of the molecule is O=C(OCc1ccccc1)N1CCN2C(COS2(=O)=O)C1. The highest BCUT2D eigenvalue weighted by molar-refractivity contribution is 7.84. The van der Waals surface area contributed by atoms with Crippen LogP contribution >= 0.6 is 0 Å². The van der Waals surface area contributed by atoms with Gasteiger partial charge < -0.3 is 9.64 Å².